The summed E-state index contributed by atoms with van der Waals surface area (Å²) in [4.78, 5) is 19.8. The molecule has 0 saturated carbocycles. The lowest BCUT2D eigenvalue weighted by molar-refractivity contribution is 0.180. The molecule has 2 aromatic rings. The van der Waals surface area contributed by atoms with Crippen LogP contribution in [-0.2, 0) is 6.54 Å². The zero-order valence-corrected chi connectivity index (χ0v) is 14.4. The minimum Gasteiger partial charge on any atom is -0.507 e. The summed E-state index contributed by atoms with van der Waals surface area (Å²) in [5, 5.41) is 10.6. The molecule has 1 N–H and O–H groups in total. The largest absolute Gasteiger partial charge is 0.507 e. The smallest absolute Gasteiger partial charge is 0.259 e. The first-order valence-corrected chi connectivity index (χ1v) is 8.71. The molecule has 1 fully saturated rings. The molecule has 0 bridgehead atoms. The number of piperidine rings is 1. The lowest BCUT2D eigenvalue weighted by atomic mass is 9.98. The third-order valence-electron chi connectivity index (χ3n) is 4.84. The van der Waals surface area contributed by atoms with Crippen LogP contribution in [0.2, 0.25) is 0 Å². The first-order chi connectivity index (χ1) is 11.6. The predicted molar refractivity (Wildman–Crippen MR) is 94.3 cm³/mol. The SMILES string of the molecule is CCn1c(C)cc(O)c([C@@H](c2ccccn2)N2CCCCC2)c1=O. The van der Waals surface area contributed by atoms with E-state index in [4.69, 9.17) is 0 Å². The summed E-state index contributed by atoms with van der Waals surface area (Å²) in [6, 6.07) is 7.14. The molecule has 0 aromatic carbocycles. The fourth-order valence-corrected chi connectivity index (χ4v) is 3.65. The van der Waals surface area contributed by atoms with Crippen LogP contribution in [-0.4, -0.2) is 32.6 Å². The lowest BCUT2D eigenvalue weighted by Crippen LogP contribution is -2.39. The van der Waals surface area contributed by atoms with Gasteiger partial charge in [0.05, 0.1) is 17.3 Å². The Morgan fingerprint density at radius 3 is 2.62 bits per heavy atom. The van der Waals surface area contributed by atoms with Crippen molar-refractivity contribution in [3.05, 3.63) is 57.8 Å². The molecule has 1 aliphatic heterocycles. The minimum absolute atomic E-state index is 0.0726. The van der Waals surface area contributed by atoms with Crippen LogP contribution in [0.3, 0.4) is 0 Å². The van der Waals surface area contributed by atoms with E-state index in [0.717, 1.165) is 37.3 Å². The maximum atomic E-state index is 13.0. The van der Waals surface area contributed by atoms with E-state index in [-0.39, 0.29) is 17.4 Å². The summed E-state index contributed by atoms with van der Waals surface area (Å²) >= 11 is 0. The Hall–Kier alpha value is -2.14. The van der Waals surface area contributed by atoms with Gasteiger partial charge in [-0.2, -0.15) is 0 Å². The molecule has 1 aliphatic rings. The van der Waals surface area contributed by atoms with Crippen LogP contribution >= 0.6 is 0 Å². The highest BCUT2D eigenvalue weighted by molar-refractivity contribution is 5.39. The quantitative estimate of drug-likeness (QED) is 0.938. The topological polar surface area (TPSA) is 58.4 Å². The molecule has 0 spiro atoms. The van der Waals surface area contributed by atoms with Gasteiger partial charge in [-0.25, -0.2) is 0 Å². The van der Waals surface area contributed by atoms with Crippen molar-refractivity contribution >= 4 is 0 Å². The number of likely N-dealkylation sites (tertiary alicyclic amines) is 1. The maximum Gasteiger partial charge on any atom is 0.259 e. The number of nitrogens with zero attached hydrogens (tertiary/aromatic N) is 3. The Labute approximate surface area is 142 Å². The van der Waals surface area contributed by atoms with E-state index in [1.165, 1.54) is 6.42 Å². The van der Waals surface area contributed by atoms with E-state index in [2.05, 4.69) is 9.88 Å². The standard InChI is InChI=1S/C19H25N3O2/c1-3-22-14(2)13-16(23)17(19(22)24)18(15-9-5-6-10-20-15)21-11-7-4-8-12-21/h5-6,9-10,13,18,23H,3-4,7-8,11-12H2,1-2H3/t18-/m1/s1. The fourth-order valence-electron chi connectivity index (χ4n) is 3.65. The summed E-state index contributed by atoms with van der Waals surface area (Å²) in [5.41, 5.74) is 1.93. The summed E-state index contributed by atoms with van der Waals surface area (Å²) < 4.78 is 1.72. The molecule has 0 aliphatic carbocycles. The molecular weight excluding hydrogens is 302 g/mol. The van der Waals surface area contributed by atoms with Crippen LogP contribution in [0.5, 0.6) is 5.75 Å². The number of rotatable bonds is 4. The first-order valence-electron chi connectivity index (χ1n) is 8.71. The first kappa shape index (κ1) is 16.7. The van der Waals surface area contributed by atoms with Crippen molar-refractivity contribution in [1.82, 2.24) is 14.5 Å². The number of aryl methyl sites for hydroxylation is 1. The molecule has 0 unspecified atom stereocenters. The van der Waals surface area contributed by atoms with Crippen LogP contribution in [0.4, 0.5) is 0 Å². The van der Waals surface area contributed by atoms with E-state index >= 15 is 0 Å². The highest BCUT2D eigenvalue weighted by atomic mass is 16.3. The Morgan fingerprint density at radius 2 is 2.00 bits per heavy atom. The van der Waals surface area contributed by atoms with Crippen LogP contribution in [0.25, 0.3) is 0 Å². The van der Waals surface area contributed by atoms with Gasteiger partial charge in [0.15, 0.2) is 0 Å². The van der Waals surface area contributed by atoms with Crippen molar-refractivity contribution in [2.24, 2.45) is 0 Å². The van der Waals surface area contributed by atoms with Gasteiger partial charge < -0.3 is 9.67 Å². The van der Waals surface area contributed by atoms with Gasteiger partial charge in [0.1, 0.15) is 5.75 Å². The zero-order valence-electron chi connectivity index (χ0n) is 14.4. The average molecular weight is 327 g/mol. The van der Waals surface area contributed by atoms with Crippen molar-refractivity contribution in [3.8, 4) is 5.75 Å². The highest BCUT2D eigenvalue weighted by Crippen LogP contribution is 2.33. The van der Waals surface area contributed by atoms with Gasteiger partial charge >= 0.3 is 0 Å². The van der Waals surface area contributed by atoms with E-state index in [0.29, 0.717) is 12.1 Å². The zero-order chi connectivity index (χ0) is 17.1. The van der Waals surface area contributed by atoms with E-state index in [1.54, 1.807) is 16.8 Å². The van der Waals surface area contributed by atoms with Crippen molar-refractivity contribution < 1.29 is 5.11 Å². The van der Waals surface area contributed by atoms with Gasteiger partial charge in [-0.1, -0.05) is 12.5 Å². The molecule has 1 saturated heterocycles. The van der Waals surface area contributed by atoms with Crippen molar-refractivity contribution in [2.75, 3.05) is 13.1 Å². The summed E-state index contributed by atoms with van der Waals surface area (Å²) in [6.45, 7) is 6.23. The molecule has 128 valence electrons. The molecule has 0 amide bonds. The molecule has 3 heterocycles. The second-order valence-electron chi connectivity index (χ2n) is 6.39. The Kier molecular flexibility index (Phi) is 5.00. The summed E-state index contributed by atoms with van der Waals surface area (Å²) in [6.07, 6.45) is 5.18. The summed E-state index contributed by atoms with van der Waals surface area (Å²) in [5.74, 6) is 0.0726. The molecule has 5 heteroatoms. The predicted octanol–water partition coefficient (Wildman–Crippen LogP) is 2.85. The Balaban J connectivity index is 2.18. The van der Waals surface area contributed by atoms with Gasteiger partial charge in [0.2, 0.25) is 0 Å². The monoisotopic (exact) mass is 327 g/mol. The van der Waals surface area contributed by atoms with Crippen molar-refractivity contribution in [1.29, 1.82) is 0 Å². The normalized spacial score (nSPS) is 16.9. The summed E-state index contributed by atoms with van der Waals surface area (Å²) in [7, 11) is 0. The van der Waals surface area contributed by atoms with Gasteiger partial charge in [-0.15, -0.1) is 0 Å². The van der Waals surface area contributed by atoms with Crippen LogP contribution < -0.4 is 5.56 Å². The molecule has 1 atom stereocenters. The molecule has 24 heavy (non-hydrogen) atoms. The third-order valence-corrected chi connectivity index (χ3v) is 4.84. The van der Waals surface area contributed by atoms with E-state index in [1.807, 2.05) is 32.0 Å². The van der Waals surface area contributed by atoms with Gasteiger partial charge in [0, 0.05) is 18.4 Å². The number of hydrogen-bond acceptors (Lipinski definition) is 4. The third kappa shape index (κ3) is 3.08. The van der Waals surface area contributed by atoms with Crippen molar-refractivity contribution in [2.45, 2.75) is 45.7 Å². The molecule has 0 radical (unpaired) electrons. The number of aromatic hydroxyl groups is 1. The van der Waals surface area contributed by atoms with Crippen molar-refractivity contribution in [3.63, 3.8) is 0 Å². The number of pyridine rings is 2. The second-order valence-corrected chi connectivity index (χ2v) is 6.39. The Morgan fingerprint density at radius 1 is 1.25 bits per heavy atom. The van der Waals surface area contributed by atoms with Gasteiger partial charge in [-0.05, 0) is 58.0 Å². The molecular formula is C19H25N3O2. The van der Waals surface area contributed by atoms with E-state index in [9.17, 15) is 9.90 Å². The number of hydrogen-bond donors (Lipinski definition) is 1. The van der Waals surface area contributed by atoms with Crippen LogP contribution in [0.15, 0.2) is 35.3 Å². The van der Waals surface area contributed by atoms with Gasteiger partial charge in [-0.3, -0.25) is 14.7 Å². The molecule has 2 aromatic heterocycles. The van der Waals surface area contributed by atoms with Crippen LogP contribution in [0, 0.1) is 6.92 Å². The maximum absolute atomic E-state index is 13.0. The average Bonchev–Trinajstić information content (AvgIpc) is 2.60. The lowest BCUT2D eigenvalue weighted by Gasteiger charge is -2.34. The minimum atomic E-state index is -0.294. The molecule has 5 nitrogen and oxygen atoms in total. The number of aromatic nitrogens is 2. The highest BCUT2D eigenvalue weighted by Gasteiger charge is 2.30. The van der Waals surface area contributed by atoms with Crippen LogP contribution in [0.1, 0.15) is 49.2 Å². The van der Waals surface area contributed by atoms with Gasteiger partial charge in [0.25, 0.3) is 5.56 Å². The molecule has 3 rings (SSSR count). The Bertz CT molecular complexity index is 749. The second kappa shape index (κ2) is 7.18. The fraction of sp³-hybridized carbons (Fsp3) is 0.474. The van der Waals surface area contributed by atoms with E-state index < -0.39 is 0 Å².